The SMILES string of the molecule is Cc1nc(F)ccc1Oc1nnc(C(F)(F)F)c(C)c1C(=O)Nc1cccc([S@@+]([O-])N(C)C(=O)CO)c1. The molecular weight excluding hydrogens is 522 g/mol. The molecule has 0 unspecified atom stereocenters. The minimum atomic E-state index is -4.93. The van der Waals surface area contributed by atoms with Gasteiger partial charge in [-0.2, -0.15) is 21.9 Å². The lowest BCUT2D eigenvalue weighted by Gasteiger charge is -2.19. The molecule has 1 aromatic carbocycles. The molecule has 0 fully saturated rings. The zero-order valence-electron chi connectivity index (χ0n) is 19.5. The van der Waals surface area contributed by atoms with Crippen molar-refractivity contribution in [1.29, 1.82) is 0 Å². The molecule has 196 valence electrons. The van der Waals surface area contributed by atoms with Gasteiger partial charge in [0, 0.05) is 11.8 Å². The van der Waals surface area contributed by atoms with Crippen molar-refractivity contribution in [1.82, 2.24) is 19.5 Å². The number of rotatable bonds is 7. The monoisotopic (exact) mass is 541 g/mol. The number of carbonyl (C=O) groups is 2. The van der Waals surface area contributed by atoms with Crippen LogP contribution in [-0.2, 0) is 22.3 Å². The Labute approximate surface area is 210 Å². The maximum Gasteiger partial charge on any atom is 0.435 e. The van der Waals surface area contributed by atoms with Crippen molar-refractivity contribution < 1.29 is 41.5 Å². The molecule has 2 amide bonds. The Morgan fingerprint density at radius 1 is 1.19 bits per heavy atom. The van der Waals surface area contributed by atoms with Gasteiger partial charge in [-0.3, -0.25) is 9.59 Å². The van der Waals surface area contributed by atoms with Gasteiger partial charge in [0.1, 0.15) is 23.5 Å². The first-order valence-corrected chi connectivity index (χ1v) is 11.4. The topological polar surface area (TPSA) is 141 Å². The van der Waals surface area contributed by atoms with Crippen LogP contribution in [0, 0.1) is 19.8 Å². The molecule has 0 radical (unpaired) electrons. The highest BCUT2D eigenvalue weighted by atomic mass is 32.2. The Kier molecular flexibility index (Phi) is 8.30. The Balaban J connectivity index is 2.00. The lowest BCUT2D eigenvalue weighted by molar-refractivity contribution is -0.142. The zero-order chi connectivity index (χ0) is 27.5. The van der Waals surface area contributed by atoms with Crippen LogP contribution in [-0.4, -0.2) is 54.6 Å². The van der Waals surface area contributed by atoms with Crippen molar-refractivity contribution in [2.24, 2.45) is 0 Å². The first-order valence-electron chi connectivity index (χ1n) is 10.3. The Morgan fingerprint density at radius 3 is 2.51 bits per heavy atom. The zero-order valence-corrected chi connectivity index (χ0v) is 20.3. The van der Waals surface area contributed by atoms with Crippen LogP contribution in [0.1, 0.15) is 27.3 Å². The molecule has 37 heavy (non-hydrogen) atoms. The molecule has 1 atom stereocenters. The van der Waals surface area contributed by atoms with Crippen molar-refractivity contribution >= 4 is 28.9 Å². The molecule has 15 heteroatoms. The number of ether oxygens (including phenoxy) is 1. The molecule has 2 aromatic heterocycles. The van der Waals surface area contributed by atoms with E-state index in [1.807, 2.05) is 0 Å². The maximum absolute atomic E-state index is 13.5. The molecule has 0 saturated carbocycles. The van der Waals surface area contributed by atoms with Gasteiger partial charge in [-0.05, 0) is 43.7 Å². The summed E-state index contributed by atoms with van der Waals surface area (Å²) in [5.74, 6) is -3.37. The fourth-order valence-corrected chi connectivity index (χ4v) is 4.04. The lowest BCUT2D eigenvalue weighted by Crippen LogP contribution is -2.35. The van der Waals surface area contributed by atoms with E-state index in [1.54, 1.807) is 0 Å². The van der Waals surface area contributed by atoms with Crippen LogP contribution in [0.25, 0.3) is 0 Å². The van der Waals surface area contributed by atoms with E-state index in [1.165, 1.54) is 38.2 Å². The summed E-state index contributed by atoms with van der Waals surface area (Å²) >= 11 is -2.04. The summed E-state index contributed by atoms with van der Waals surface area (Å²) in [6.07, 6.45) is -4.93. The van der Waals surface area contributed by atoms with Gasteiger partial charge >= 0.3 is 6.18 Å². The molecule has 0 saturated heterocycles. The van der Waals surface area contributed by atoms with Gasteiger partial charge in [0.25, 0.3) is 17.7 Å². The van der Waals surface area contributed by atoms with Gasteiger partial charge in [-0.15, -0.1) is 10.2 Å². The molecule has 2 N–H and O–H groups in total. The number of likely N-dealkylation sites (N-methyl/N-ethyl adjacent to an activating group) is 1. The number of nitrogens with one attached hydrogen (secondary N) is 1. The number of carbonyl (C=O) groups excluding carboxylic acids is 2. The fourth-order valence-electron chi connectivity index (χ4n) is 3.06. The number of hydrogen-bond donors (Lipinski definition) is 2. The number of aliphatic hydroxyl groups excluding tert-OH is 1. The Bertz CT molecular complexity index is 1340. The van der Waals surface area contributed by atoms with Gasteiger partial charge < -0.3 is 19.7 Å². The fraction of sp³-hybridized carbons (Fsp3) is 0.227. The highest BCUT2D eigenvalue weighted by molar-refractivity contribution is 7.89. The average molecular weight is 541 g/mol. The standard InChI is InChI=1S/C22H19F4N5O5S/c1-11-18(20(34)28-13-5-4-6-14(9-13)37(35)31(3)17(33)10-32)21(30-29-19(11)22(24,25)26)36-15-7-8-16(23)27-12(15)2/h4-9,32H,10H2,1-3H3,(H,28,34)/t37-/m1/s1. The smallest absolute Gasteiger partial charge is 0.435 e. The van der Waals surface area contributed by atoms with Crippen LogP contribution >= 0.6 is 0 Å². The summed E-state index contributed by atoms with van der Waals surface area (Å²) in [4.78, 5) is 28.4. The van der Waals surface area contributed by atoms with Crippen LogP contribution in [0.2, 0.25) is 0 Å². The van der Waals surface area contributed by atoms with Crippen LogP contribution < -0.4 is 10.1 Å². The van der Waals surface area contributed by atoms with E-state index in [0.717, 1.165) is 23.4 Å². The molecule has 0 aliphatic heterocycles. The minimum Gasteiger partial charge on any atom is -0.588 e. The lowest BCUT2D eigenvalue weighted by atomic mass is 10.1. The molecule has 10 nitrogen and oxygen atoms in total. The molecule has 0 aliphatic rings. The molecule has 3 aromatic rings. The number of amides is 2. The second-order valence-corrected chi connectivity index (χ2v) is 8.97. The minimum absolute atomic E-state index is 0.0241. The summed E-state index contributed by atoms with van der Waals surface area (Å²) in [6.45, 7) is 1.52. The first kappa shape index (κ1) is 27.8. The molecule has 3 rings (SSSR count). The summed E-state index contributed by atoms with van der Waals surface area (Å²) in [7, 11) is 1.19. The maximum atomic E-state index is 13.5. The quantitative estimate of drug-likeness (QED) is 0.264. The number of halogens is 4. The summed E-state index contributed by atoms with van der Waals surface area (Å²) < 4.78 is 72.6. The van der Waals surface area contributed by atoms with Gasteiger partial charge in [0.15, 0.2) is 16.3 Å². The van der Waals surface area contributed by atoms with E-state index < -0.39 is 64.6 Å². The van der Waals surface area contributed by atoms with E-state index in [-0.39, 0.29) is 22.0 Å². The van der Waals surface area contributed by atoms with Crippen molar-refractivity contribution in [3.63, 3.8) is 0 Å². The van der Waals surface area contributed by atoms with Gasteiger partial charge in [-0.1, -0.05) is 6.07 Å². The largest absolute Gasteiger partial charge is 0.588 e. The van der Waals surface area contributed by atoms with E-state index in [2.05, 4.69) is 20.5 Å². The highest BCUT2D eigenvalue weighted by Crippen LogP contribution is 2.35. The van der Waals surface area contributed by atoms with Crippen molar-refractivity contribution in [2.75, 3.05) is 19.0 Å². The Morgan fingerprint density at radius 2 is 1.89 bits per heavy atom. The second kappa shape index (κ2) is 11.1. The molecule has 0 spiro atoms. The van der Waals surface area contributed by atoms with Gasteiger partial charge in [-0.25, -0.2) is 4.98 Å². The summed E-state index contributed by atoms with van der Waals surface area (Å²) in [6, 6.07) is 7.50. The average Bonchev–Trinajstić information content (AvgIpc) is 2.83. The molecule has 2 heterocycles. The van der Waals surface area contributed by atoms with Crippen LogP contribution in [0.15, 0.2) is 41.3 Å². The Hall–Kier alpha value is -3.82. The number of aryl methyl sites for hydroxylation is 1. The van der Waals surface area contributed by atoms with Crippen LogP contribution in [0.4, 0.5) is 23.2 Å². The van der Waals surface area contributed by atoms with Crippen molar-refractivity contribution in [3.8, 4) is 11.6 Å². The van der Waals surface area contributed by atoms with E-state index >= 15 is 0 Å². The number of alkyl halides is 3. The number of hydrogen-bond acceptors (Lipinski definition) is 8. The number of nitrogens with zero attached hydrogens (tertiary/aromatic N) is 4. The van der Waals surface area contributed by atoms with Crippen molar-refractivity contribution in [3.05, 3.63) is 64.9 Å². The number of aliphatic hydroxyl groups is 1. The third kappa shape index (κ3) is 6.31. The number of anilines is 1. The summed E-state index contributed by atoms with van der Waals surface area (Å²) in [5, 5.41) is 17.9. The number of benzene rings is 1. The second-order valence-electron chi connectivity index (χ2n) is 7.45. The van der Waals surface area contributed by atoms with E-state index in [0.29, 0.717) is 0 Å². The first-order chi connectivity index (χ1) is 17.3. The summed E-state index contributed by atoms with van der Waals surface area (Å²) in [5.41, 5.74) is -2.54. The number of pyridine rings is 1. The normalized spacial score (nSPS) is 12.1. The molecule has 0 aliphatic carbocycles. The van der Waals surface area contributed by atoms with E-state index in [9.17, 15) is 31.7 Å². The third-order valence-corrected chi connectivity index (χ3v) is 6.28. The van der Waals surface area contributed by atoms with Crippen LogP contribution in [0.3, 0.4) is 0 Å². The van der Waals surface area contributed by atoms with E-state index in [4.69, 9.17) is 9.84 Å². The van der Waals surface area contributed by atoms with Gasteiger partial charge in [0.05, 0.1) is 12.7 Å². The third-order valence-electron chi connectivity index (χ3n) is 4.92. The predicted octanol–water partition coefficient (Wildman–Crippen LogP) is 3.16. The van der Waals surface area contributed by atoms with Gasteiger partial charge in [0.2, 0.25) is 5.95 Å². The number of aromatic nitrogens is 3. The highest BCUT2D eigenvalue weighted by Gasteiger charge is 2.38. The van der Waals surface area contributed by atoms with Crippen molar-refractivity contribution in [2.45, 2.75) is 24.9 Å². The molecular formula is C22H19F4N5O5S. The molecule has 0 bridgehead atoms. The van der Waals surface area contributed by atoms with Crippen LogP contribution in [0.5, 0.6) is 11.6 Å². The predicted molar refractivity (Wildman–Crippen MR) is 121 cm³/mol.